The predicted molar refractivity (Wildman–Crippen MR) is 98.2 cm³/mol. The molecule has 1 aromatic carbocycles. The molecule has 0 aliphatic carbocycles. The molecule has 1 heterocycles. The number of benzene rings is 1. The molecule has 23 heavy (non-hydrogen) atoms. The molecule has 0 saturated carbocycles. The number of ether oxygens (including phenoxy) is 1. The van der Waals surface area contributed by atoms with Gasteiger partial charge in [0, 0.05) is 23.8 Å². The molecule has 1 atom stereocenters. The Bertz CT molecular complexity index is 594. The molecule has 0 saturated heterocycles. The maximum atomic E-state index is 12.1. The number of methoxy groups -OCH3 is 1. The maximum Gasteiger partial charge on any atom is 0.224 e. The van der Waals surface area contributed by atoms with E-state index in [1.807, 2.05) is 40.7 Å². The normalized spacial score (nSPS) is 12.3. The Morgan fingerprint density at radius 1 is 1.26 bits per heavy atom. The summed E-state index contributed by atoms with van der Waals surface area (Å²) in [6.07, 6.45) is 0.308. The zero-order valence-corrected chi connectivity index (χ0v) is 15.4. The van der Waals surface area contributed by atoms with E-state index in [2.05, 4.69) is 31.3 Å². The van der Waals surface area contributed by atoms with E-state index < -0.39 is 0 Å². The van der Waals surface area contributed by atoms with Gasteiger partial charge < -0.3 is 10.1 Å². The van der Waals surface area contributed by atoms with Crippen LogP contribution in [0.2, 0.25) is 0 Å². The number of amides is 1. The van der Waals surface area contributed by atoms with Crippen molar-refractivity contribution in [2.45, 2.75) is 36.5 Å². The van der Waals surface area contributed by atoms with Crippen LogP contribution in [0.3, 0.4) is 0 Å². The van der Waals surface area contributed by atoms with E-state index >= 15 is 0 Å². The lowest BCUT2D eigenvalue weighted by atomic mass is 10.1. The Balaban J connectivity index is 1.82. The largest absolute Gasteiger partial charge is 0.375 e. The fraction of sp³-hybridized carbons (Fsp3) is 0.389. The molecule has 3 nitrogen and oxygen atoms in total. The summed E-state index contributed by atoms with van der Waals surface area (Å²) in [5.41, 5.74) is 2.13. The molecule has 0 radical (unpaired) electrons. The second kappa shape index (κ2) is 9.11. The molecular formula is C18H23NO2S2. The van der Waals surface area contributed by atoms with Gasteiger partial charge in [-0.05, 0) is 40.1 Å². The Morgan fingerprint density at radius 2 is 2.00 bits per heavy atom. The van der Waals surface area contributed by atoms with Crippen LogP contribution in [-0.2, 0) is 16.0 Å². The fourth-order valence-electron chi connectivity index (χ4n) is 2.21. The van der Waals surface area contributed by atoms with Crippen molar-refractivity contribution in [1.29, 1.82) is 0 Å². The van der Waals surface area contributed by atoms with Crippen molar-refractivity contribution < 1.29 is 9.53 Å². The Labute approximate surface area is 146 Å². The van der Waals surface area contributed by atoms with E-state index in [1.165, 1.54) is 4.90 Å². The van der Waals surface area contributed by atoms with Crippen molar-refractivity contribution in [3.63, 3.8) is 0 Å². The van der Waals surface area contributed by atoms with Crippen molar-refractivity contribution in [2.24, 2.45) is 0 Å². The lowest BCUT2D eigenvalue weighted by Gasteiger charge is -2.15. The van der Waals surface area contributed by atoms with E-state index in [0.29, 0.717) is 18.2 Å². The summed E-state index contributed by atoms with van der Waals surface area (Å²) < 4.78 is 5.44. The van der Waals surface area contributed by atoms with Gasteiger partial charge in [0.25, 0.3) is 0 Å². The summed E-state index contributed by atoms with van der Waals surface area (Å²) >= 11 is 3.46. The van der Waals surface area contributed by atoms with Crippen LogP contribution >= 0.6 is 23.1 Å². The van der Waals surface area contributed by atoms with Gasteiger partial charge in [-0.1, -0.05) is 26.0 Å². The number of hydrogen-bond acceptors (Lipinski definition) is 4. The van der Waals surface area contributed by atoms with Crippen LogP contribution in [0.4, 0.5) is 0 Å². The lowest BCUT2D eigenvalue weighted by Crippen LogP contribution is -2.30. The van der Waals surface area contributed by atoms with Crippen LogP contribution in [0.5, 0.6) is 0 Å². The van der Waals surface area contributed by atoms with Gasteiger partial charge in [0.15, 0.2) is 0 Å². The van der Waals surface area contributed by atoms with Crippen molar-refractivity contribution in [3.05, 3.63) is 52.2 Å². The van der Waals surface area contributed by atoms with Gasteiger partial charge in [0.1, 0.15) is 6.10 Å². The molecule has 0 fully saturated rings. The third-order valence-electron chi connectivity index (χ3n) is 3.34. The Morgan fingerprint density at radius 3 is 2.57 bits per heavy atom. The van der Waals surface area contributed by atoms with E-state index in [1.54, 1.807) is 18.4 Å². The van der Waals surface area contributed by atoms with Gasteiger partial charge >= 0.3 is 0 Å². The third kappa shape index (κ3) is 6.01. The minimum absolute atomic E-state index is 0.0199. The van der Waals surface area contributed by atoms with Gasteiger partial charge in [0.05, 0.1) is 6.42 Å². The molecule has 0 aliphatic heterocycles. The summed E-state index contributed by atoms with van der Waals surface area (Å²) in [4.78, 5) is 13.3. The van der Waals surface area contributed by atoms with Crippen molar-refractivity contribution in [1.82, 2.24) is 5.32 Å². The standard InChI is InChI=1S/C18H23NO2S2/c1-13(2)23-16-6-4-14(5-7-16)10-18(20)19-11-17(21-3)15-8-9-22-12-15/h4-9,12-13,17H,10-11H2,1-3H3,(H,19,20). The molecule has 124 valence electrons. The first-order chi connectivity index (χ1) is 11.1. The lowest BCUT2D eigenvalue weighted by molar-refractivity contribution is -0.121. The van der Waals surface area contributed by atoms with Crippen LogP contribution < -0.4 is 5.32 Å². The highest BCUT2D eigenvalue weighted by Gasteiger charge is 2.12. The number of carbonyl (C=O) groups is 1. The van der Waals surface area contributed by atoms with E-state index in [-0.39, 0.29) is 12.0 Å². The highest BCUT2D eigenvalue weighted by molar-refractivity contribution is 7.99. The SMILES string of the molecule is COC(CNC(=O)Cc1ccc(SC(C)C)cc1)c1ccsc1. The molecule has 2 rings (SSSR count). The molecule has 0 aliphatic rings. The van der Waals surface area contributed by atoms with Crippen LogP contribution in [0, 0.1) is 0 Å². The first-order valence-corrected chi connectivity index (χ1v) is 9.48. The number of nitrogens with one attached hydrogen (secondary N) is 1. The predicted octanol–water partition coefficient (Wildman–Crippen LogP) is 4.30. The minimum Gasteiger partial charge on any atom is -0.375 e. The van der Waals surface area contributed by atoms with E-state index in [0.717, 1.165) is 11.1 Å². The van der Waals surface area contributed by atoms with Crippen LogP contribution in [0.15, 0.2) is 46.0 Å². The van der Waals surface area contributed by atoms with E-state index in [9.17, 15) is 4.79 Å². The number of thioether (sulfide) groups is 1. The van der Waals surface area contributed by atoms with Crippen molar-refractivity contribution >= 4 is 29.0 Å². The molecule has 1 unspecified atom stereocenters. The average molecular weight is 350 g/mol. The first kappa shape index (κ1) is 18.0. The Kier molecular flexibility index (Phi) is 7.15. The molecule has 1 aromatic heterocycles. The zero-order chi connectivity index (χ0) is 16.7. The summed E-state index contributed by atoms with van der Waals surface area (Å²) in [5, 5.41) is 7.58. The monoisotopic (exact) mass is 349 g/mol. The van der Waals surface area contributed by atoms with Gasteiger partial charge in [-0.3, -0.25) is 4.79 Å². The molecule has 2 aromatic rings. The van der Waals surface area contributed by atoms with Gasteiger partial charge in [-0.2, -0.15) is 11.3 Å². The number of hydrogen-bond donors (Lipinski definition) is 1. The molecule has 0 spiro atoms. The maximum absolute atomic E-state index is 12.1. The summed E-state index contributed by atoms with van der Waals surface area (Å²) in [5.74, 6) is 0.0199. The second-order valence-corrected chi connectivity index (χ2v) is 8.00. The number of rotatable bonds is 8. The van der Waals surface area contributed by atoms with Crippen molar-refractivity contribution in [3.8, 4) is 0 Å². The van der Waals surface area contributed by atoms with Gasteiger partial charge in [-0.25, -0.2) is 0 Å². The molecule has 5 heteroatoms. The topological polar surface area (TPSA) is 38.3 Å². The highest BCUT2D eigenvalue weighted by atomic mass is 32.2. The van der Waals surface area contributed by atoms with Gasteiger partial charge in [-0.15, -0.1) is 11.8 Å². The third-order valence-corrected chi connectivity index (χ3v) is 5.06. The zero-order valence-electron chi connectivity index (χ0n) is 13.7. The Hall–Kier alpha value is -1.30. The summed E-state index contributed by atoms with van der Waals surface area (Å²) in [6.45, 7) is 4.84. The smallest absolute Gasteiger partial charge is 0.224 e. The molecule has 1 N–H and O–H groups in total. The molecule has 1 amide bonds. The van der Waals surface area contributed by atoms with Gasteiger partial charge in [0.2, 0.25) is 5.91 Å². The second-order valence-electron chi connectivity index (χ2n) is 5.57. The first-order valence-electron chi connectivity index (χ1n) is 7.65. The quantitative estimate of drug-likeness (QED) is 0.722. The molecular weight excluding hydrogens is 326 g/mol. The highest BCUT2D eigenvalue weighted by Crippen LogP contribution is 2.23. The number of thiophene rings is 1. The van der Waals surface area contributed by atoms with Crippen molar-refractivity contribution in [2.75, 3.05) is 13.7 Å². The van der Waals surface area contributed by atoms with Crippen LogP contribution in [-0.4, -0.2) is 24.8 Å². The number of carbonyl (C=O) groups excluding carboxylic acids is 1. The minimum atomic E-state index is -0.0879. The van der Waals surface area contributed by atoms with E-state index in [4.69, 9.17) is 4.74 Å². The summed E-state index contributed by atoms with van der Waals surface area (Å²) in [6, 6.07) is 10.2. The molecule has 0 bridgehead atoms. The summed E-state index contributed by atoms with van der Waals surface area (Å²) in [7, 11) is 1.67. The van der Waals surface area contributed by atoms with Crippen LogP contribution in [0.25, 0.3) is 0 Å². The average Bonchev–Trinajstić information content (AvgIpc) is 3.04. The van der Waals surface area contributed by atoms with Crippen LogP contribution in [0.1, 0.15) is 31.1 Å². The fourth-order valence-corrected chi connectivity index (χ4v) is 3.75.